The lowest BCUT2D eigenvalue weighted by molar-refractivity contribution is -0.113. The highest BCUT2D eigenvalue weighted by molar-refractivity contribution is 8.00. The molecule has 0 fully saturated rings. The Kier molecular flexibility index (Phi) is 5.11. The topological polar surface area (TPSA) is 46.2 Å². The highest BCUT2D eigenvalue weighted by Crippen LogP contribution is 2.19. The molecule has 1 amide bonds. The van der Waals surface area contributed by atoms with Gasteiger partial charge in [0.1, 0.15) is 5.82 Å². The third kappa shape index (κ3) is 4.72. The molecular weight excluding hydrogens is 289 g/mol. The molecule has 2 aromatic rings. The molecule has 0 bridgehead atoms. The zero-order valence-electron chi connectivity index (χ0n) is 11.4. The molecule has 1 N–H and O–H groups in total. The summed E-state index contributed by atoms with van der Waals surface area (Å²) in [5.74, 6) is -0.368. The second kappa shape index (κ2) is 7.04. The van der Waals surface area contributed by atoms with Gasteiger partial charge in [0.05, 0.1) is 5.75 Å². The van der Waals surface area contributed by atoms with E-state index in [1.54, 1.807) is 36.4 Å². The third-order valence-corrected chi connectivity index (χ3v) is 3.75. The maximum atomic E-state index is 13.0. The van der Waals surface area contributed by atoms with Gasteiger partial charge in [0.25, 0.3) is 0 Å². The Morgan fingerprint density at radius 1 is 1.14 bits per heavy atom. The van der Waals surface area contributed by atoms with Gasteiger partial charge in [-0.2, -0.15) is 0 Å². The number of nitrogens with one attached hydrogen (secondary N) is 1. The van der Waals surface area contributed by atoms with E-state index in [2.05, 4.69) is 5.32 Å². The molecule has 0 aliphatic rings. The summed E-state index contributed by atoms with van der Waals surface area (Å²) in [7, 11) is 0. The number of anilines is 1. The minimum atomic E-state index is -0.389. The zero-order chi connectivity index (χ0) is 15.2. The molecule has 0 aliphatic heterocycles. The number of hydrogen-bond donors (Lipinski definition) is 1. The summed E-state index contributed by atoms with van der Waals surface area (Å²) in [4.78, 5) is 23.8. The molecule has 3 nitrogen and oxygen atoms in total. The van der Waals surface area contributed by atoms with Crippen LogP contribution in [0.25, 0.3) is 0 Å². The van der Waals surface area contributed by atoms with Crippen LogP contribution in [0.5, 0.6) is 0 Å². The molecule has 0 saturated carbocycles. The molecule has 0 aliphatic carbocycles. The molecule has 21 heavy (non-hydrogen) atoms. The van der Waals surface area contributed by atoms with E-state index in [1.807, 2.05) is 0 Å². The van der Waals surface area contributed by atoms with E-state index in [9.17, 15) is 14.0 Å². The molecule has 0 saturated heterocycles. The van der Waals surface area contributed by atoms with Gasteiger partial charge in [-0.05, 0) is 37.3 Å². The van der Waals surface area contributed by atoms with E-state index >= 15 is 0 Å². The molecule has 5 heteroatoms. The van der Waals surface area contributed by atoms with Crippen LogP contribution in [-0.4, -0.2) is 17.4 Å². The fourth-order valence-electron chi connectivity index (χ4n) is 1.70. The van der Waals surface area contributed by atoms with E-state index in [0.29, 0.717) is 11.3 Å². The van der Waals surface area contributed by atoms with E-state index in [4.69, 9.17) is 0 Å². The monoisotopic (exact) mass is 303 g/mol. The van der Waals surface area contributed by atoms with Gasteiger partial charge in [-0.15, -0.1) is 11.8 Å². The largest absolute Gasteiger partial charge is 0.325 e. The molecule has 2 aromatic carbocycles. The van der Waals surface area contributed by atoms with E-state index in [1.165, 1.54) is 30.8 Å². The zero-order valence-corrected chi connectivity index (χ0v) is 12.2. The molecule has 0 heterocycles. The van der Waals surface area contributed by atoms with E-state index in [-0.39, 0.29) is 23.3 Å². The number of amides is 1. The summed E-state index contributed by atoms with van der Waals surface area (Å²) in [5.41, 5.74) is 1.08. The fourth-order valence-corrected chi connectivity index (χ4v) is 2.40. The van der Waals surface area contributed by atoms with E-state index in [0.717, 1.165) is 4.90 Å². The predicted octanol–water partition coefficient (Wildman–Crippen LogP) is 3.76. The van der Waals surface area contributed by atoms with Crippen LogP contribution >= 0.6 is 11.8 Å². The van der Waals surface area contributed by atoms with Gasteiger partial charge in [-0.3, -0.25) is 9.59 Å². The van der Waals surface area contributed by atoms with Crippen LogP contribution in [0.4, 0.5) is 10.1 Å². The Morgan fingerprint density at radius 2 is 1.86 bits per heavy atom. The summed E-state index contributed by atoms with van der Waals surface area (Å²) < 4.78 is 13.0. The molecule has 0 atom stereocenters. The first kappa shape index (κ1) is 15.3. The second-order valence-corrected chi connectivity index (χ2v) is 5.48. The Bertz CT molecular complexity index is 656. The average molecular weight is 303 g/mol. The smallest absolute Gasteiger partial charge is 0.234 e. The van der Waals surface area contributed by atoms with Crippen LogP contribution < -0.4 is 5.32 Å². The number of carbonyl (C=O) groups excluding carboxylic acids is 2. The SMILES string of the molecule is CC(=O)c1ccc(SCC(=O)Nc2cccc(F)c2)cc1. The van der Waals surface area contributed by atoms with Crippen molar-refractivity contribution in [3.8, 4) is 0 Å². The summed E-state index contributed by atoms with van der Waals surface area (Å²) in [6.45, 7) is 1.51. The number of thioether (sulfide) groups is 1. The third-order valence-electron chi connectivity index (χ3n) is 2.74. The number of ketones is 1. The highest BCUT2D eigenvalue weighted by atomic mass is 32.2. The second-order valence-electron chi connectivity index (χ2n) is 4.43. The molecule has 108 valence electrons. The van der Waals surface area contributed by atoms with Gasteiger partial charge in [-0.1, -0.05) is 18.2 Å². The minimum Gasteiger partial charge on any atom is -0.325 e. The van der Waals surface area contributed by atoms with Crippen LogP contribution in [0.2, 0.25) is 0 Å². The standard InChI is InChI=1S/C16H14FNO2S/c1-11(19)12-5-7-15(8-6-12)21-10-16(20)18-14-4-2-3-13(17)9-14/h2-9H,10H2,1H3,(H,18,20). The maximum Gasteiger partial charge on any atom is 0.234 e. The number of halogens is 1. The normalized spacial score (nSPS) is 10.2. The molecular formula is C16H14FNO2S. The minimum absolute atomic E-state index is 0.00963. The Balaban J connectivity index is 1.87. The van der Waals surface area contributed by atoms with Crippen molar-refractivity contribution in [1.29, 1.82) is 0 Å². The van der Waals surface area contributed by atoms with Crippen LogP contribution in [-0.2, 0) is 4.79 Å². The van der Waals surface area contributed by atoms with Crippen molar-refractivity contribution in [3.05, 3.63) is 59.9 Å². The number of Topliss-reactive ketones (excluding diaryl/α,β-unsaturated/α-hetero) is 1. The number of benzene rings is 2. The van der Waals surface area contributed by atoms with Crippen molar-refractivity contribution in [1.82, 2.24) is 0 Å². The lowest BCUT2D eigenvalue weighted by atomic mass is 10.2. The Morgan fingerprint density at radius 3 is 2.48 bits per heavy atom. The van der Waals surface area contributed by atoms with Crippen LogP contribution in [0.15, 0.2) is 53.4 Å². The first-order chi connectivity index (χ1) is 10.0. The van der Waals surface area contributed by atoms with Gasteiger partial charge in [0.15, 0.2) is 5.78 Å². The fraction of sp³-hybridized carbons (Fsp3) is 0.125. The number of hydrogen-bond acceptors (Lipinski definition) is 3. The molecule has 0 radical (unpaired) electrons. The van der Waals surface area contributed by atoms with E-state index < -0.39 is 0 Å². The van der Waals surface area contributed by atoms with Crippen LogP contribution in [0, 0.1) is 5.82 Å². The van der Waals surface area contributed by atoms with Crippen molar-refractivity contribution >= 4 is 29.1 Å². The van der Waals surface area contributed by atoms with Crippen molar-refractivity contribution < 1.29 is 14.0 Å². The Labute approximate surface area is 126 Å². The summed E-state index contributed by atoms with van der Waals surface area (Å²) in [6, 6.07) is 12.8. The molecule has 0 aromatic heterocycles. The van der Waals surface area contributed by atoms with Crippen LogP contribution in [0.3, 0.4) is 0 Å². The predicted molar refractivity (Wildman–Crippen MR) is 82.2 cm³/mol. The molecule has 0 spiro atoms. The van der Waals surface area contributed by atoms with Crippen molar-refractivity contribution in [2.24, 2.45) is 0 Å². The Hall–Kier alpha value is -2.14. The quantitative estimate of drug-likeness (QED) is 0.676. The summed E-state index contributed by atoms with van der Waals surface area (Å²) >= 11 is 1.36. The van der Waals surface area contributed by atoms with Crippen molar-refractivity contribution in [2.45, 2.75) is 11.8 Å². The summed E-state index contributed by atoms with van der Waals surface area (Å²) in [5, 5.41) is 2.63. The van der Waals surface area contributed by atoms with Gasteiger partial charge >= 0.3 is 0 Å². The lowest BCUT2D eigenvalue weighted by Gasteiger charge is -2.05. The maximum absolute atomic E-state index is 13.0. The lowest BCUT2D eigenvalue weighted by Crippen LogP contribution is -2.14. The van der Waals surface area contributed by atoms with Crippen molar-refractivity contribution in [3.63, 3.8) is 0 Å². The number of rotatable bonds is 5. The van der Waals surface area contributed by atoms with Gasteiger partial charge in [0.2, 0.25) is 5.91 Å². The number of carbonyl (C=O) groups is 2. The van der Waals surface area contributed by atoms with Crippen molar-refractivity contribution in [2.75, 3.05) is 11.1 Å². The summed E-state index contributed by atoms with van der Waals surface area (Å²) in [6.07, 6.45) is 0. The molecule has 2 rings (SSSR count). The highest BCUT2D eigenvalue weighted by Gasteiger charge is 2.05. The first-order valence-electron chi connectivity index (χ1n) is 6.34. The van der Waals surface area contributed by atoms with Gasteiger partial charge in [-0.25, -0.2) is 4.39 Å². The van der Waals surface area contributed by atoms with Crippen LogP contribution in [0.1, 0.15) is 17.3 Å². The van der Waals surface area contributed by atoms with Gasteiger partial charge in [0, 0.05) is 16.1 Å². The molecule has 0 unspecified atom stereocenters. The average Bonchev–Trinajstić information content (AvgIpc) is 2.45. The first-order valence-corrected chi connectivity index (χ1v) is 7.32. The van der Waals surface area contributed by atoms with Gasteiger partial charge < -0.3 is 5.32 Å².